The molecule has 21 heteroatoms. The maximum atomic E-state index is 13.2. The number of carbonyl (C=O) groups is 3. The average Bonchev–Trinajstić information content (AvgIpc) is 3.44. The Kier molecular flexibility index (Phi) is 10.6. The van der Waals surface area contributed by atoms with E-state index in [4.69, 9.17) is 25.6 Å². The van der Waals surface area contributed by atoms with Crippen LogP contribution in [0.5, 0.6) is 5.75 Å². The zero-order valence-corrected chi connectivity index (χ0v) is 26.2. The Balaban J connectivity index is 1.40. The lowest BCUT2D eigenvalue weighted by Gasteiger charge is -2.50. The number of nitrogens with two attached hydrogens (primary N) is 2. The SMILES string of the molecule is CC1(C)C(NC(=O)C(=NO[C@@H](COc2ccc(C3CN=C(NCCN)NC3)cc2)C(=O)O)c2csc(N)n2)C(=O)N1OS(=O)(=O)O. The lowest BCUT2D eigenvalue weighted by Crippen LogP contribution is -2.76. The van der Waals surface area contributed by atoms with Gasteiger partial charge in [0.2, 0.25) is 0 Å². The third-order valence-corrected chi connectivity index (χ3v) is 7.83. The number of nitrogens with one attached hydrogen (secondary N) is 3. The van der Waals surface area contributed by atoms with Gasteiger partial charge in [-0.3, -0.25) is 19.1 Å². The van der Waals surface area contributed by atoms with E-state index < -0.39 is 58.2 Å². The summed E-state index contributed by atoms with van der Waals surface area (Å²) in [6, 6.07) is 5.70. The van der Waals surface area contributed by atoms with E-state index in [2.05, 4.69) is 35.4 Å². The molecule has 3 atom stereocenters. The molecule has 2 aromatic rings. The van der Waals surface area contributed by atoms with E-state index in [9.17, 15) is 27.9 Å². The number of hydrogen-bond acceptors (Lipinski definition) is 16. The highest BCUT2D eigenvalue weighted by molar-refractivity contribution is 7.80. The number of carbonyl (C=O) groups excluding carboxylic acids is 2. The standard InChI is InChI=1S/C25H33N9O10S2/c1-25(2)19(21(36)34(25)44-46(39,40)41)32-20(35)18(16-12-45-23(27)31-16)33-43-17(22(37)38)11-42-15-5-3-13(4-6-15)14-9-29-24(30-10-14)28-8-7-26/h3-6,12,14,17,19H,7-11,26H2,1-2H3,(H2,27,31)(H,32,35)(H,37,38)(H2,28,29,30)(H,39,40,41)/t17-,19?/m0/s1. The highest BCUT2D eigenvalue weighted by Crippen LogP contribution is 2.33. The summed E-state index contributed by atoms with van der Waals surface area (Å²) >= 11 is 0.959. The Hall–Kier alpha value is -4.57. The van der Waals surface area contributed by atoms with Gasteiger partial charge in [-0.1, -0.05) is 17.3 Å². The van der Waals surface area contributed by atoms with Crippen LogP contribution in [-0.4, -0.2) is 108 Å². The molecule has 1 saturated heterocycles. The molecule has 9 N–H and O–H groups in total. The maximum Gasteiger partial charge on any atom is 0.418 e. The molecule has 2 aliphatic heterocycles. The van der Waals surface area contributed by atoms with Crippen molar-refractivity contribution in [1.82, 2.24) is 26.0 Å². The fraction of sp³-hybridized carbons (Fsp3) is 0.440. The first-order valence-electron chi connectivity index (χ1n) is 13.6. The number of anilines is 1. The van der Waals surface area contributed by atoms with Gasteiger partial charge >= 0.3 is 16.4 Å². The van der Waals surface area contributed by atoms with Crippen molar-refractivity contribution >= 4 is 56.3 Å². The molecule has 1 fully saturated rings. The predicted molar refractivity (Wildman–Crippen MR) is 163 cm³/mol. The summed E-state index contributed by atoms with van der Waals surface area (Å²) in [6.07, 6.45) is -1.67. The molecule has 2 unspecified atom stereocenters. The van der Waals surface area contributed by atoms with Crippen molar-refractivity contribution in [2.45, 2.75) is 37.5 Å². The third-order valence-electron chi connectivity index (χ3n) is 6.82. The second-order valence-electron chi connectivity index (χ2n) is 10.5. The van der Waals surface area contributed by atoms with Gasteiger partial charge in [0.25, 0.3) is 17.9 Å². The Morgan fingerprint density at radius 3 is 2.57 bits per heavy atom. The number of hydroxylamine groups is 2. The minimum absolute atomic E-state index is 0.0596. The van der Waals surface area contributed by atoms with Crippen LogP contribution >= 0.6 is 11.3 Å². The van der Waals surface area contributed by atoms with Crippen molar-refractivity contribution in [3.63, 3.8) is 0 Å². The number of nitrogen functional groups attached to an aromatic ring is 1. The van der Waals surface area contributed by atoms with Gasteiger partial charge in [0, 0.05) is 30.9 Å². The van der Waals surface area contributed by atoms with Crippen LogP contribution in [0.4, 0.5) is 5.13 Å². The van der Waals surface area contributed by atoms with Crippen molar-refractivity contribution in [2.75, 3.05) is 38.5 Å². The molecule has 1 aromatic heterocycles. The molecule has 46 heavy (non-hydrogen) atoms. The summed E-state index contributed by atoms with van der Waals surface area (Å²) in [5.41, 5.74) is 10.2. The second-order valence-corrected chi connectivity index (χ2v) is 12.4. The number of hydrogen-bond donors (Lipinski definition) is 7. The van der Waals surface area contributed by atoms with Gasteiger partial charge in [0.1, 0.15) is 24.1 Å². The molecule has 2 aliphatic rings. The van der Waals surface area contributed by atoms with Crippen molar-refractivity contribution in [3.8, 4) is 5.75 Å². The first kappa shape index (κ1) is 34.3. The monoisotopic (exact) mass is 683 g/mol. The summed E-state index contributed by atoms with van der Waals surface area (Å²) in [6.45, 7) is 4.56. The number of thiazole rings is 1. The summed E-state index contributed by atoms with van der Waals surface area (Å²) in [7, 11) is -5.01. The Labute approximate surface area is 266 Å². The molecule has 0 aliphatic carbocycles. The number of nitrogens with zero attached hydrogens (tertiary/aromatic N) is 4. The van der Waals surface area contributed by atoms with E-state index in [1.807, 2.05) is 12.1 Å². The second kappa shape index (κ2) is 14.2. The molecule has 250 valence electrons. The van der Waals surface area contributed by atoms with E-state index >= 15 is 0 Å². The Morgan fingerprint density at radius 2 is 2.02 bits per heavy atom. The molecule has 0 saturated carbocycles. The number of benzene rings is 1. The molecule has 1 aromatic carbocycles. The van der Waals surface area contributed by atoms with Gasteiger partial charge in [0.05, 0.1) is 12.1 Å². The van der Waals surface area contributed by atoms with Crippen molar-refractivity contribution in [3.05, 3.63) is 40.9 Å². The zero-order valence-electron chi connectivity index (χ0n) is 24.6. The van der Waals surface area contributed by atoms with Crippen LogP contribution < -0.4 is 32.2 Å². The van der Waals surface area contributed by atoms with E-state index in [-0.39, 0.29) is 16.7 Å². The first-order valence-corrected chi connectivity index (χ1v) is 15.9. The normalized spacial score (nSPS) is 20.1. The molecule has 0 radical (unpaired) electrons. The predicted octanol–water partition coefficient (Wildman–Crippen LogP) is -1.59. The highest BCUT2D eigenvalue weighted by Gasteiger charge is 2.58. The molecule has 0 bridgehead atoms. The average molecular weight is 684 g/mol. The van der Waals surface area contributed by atoms with Gasteiger partial charge in [0.15, 0.2) is 16.8 Å². The topological polar surface area (TPSA) is 282 Å². The maximum absolute atomic E-state index is 13.2. The molecule has 2 amide bonds. The van der Waals surface area contributed by atoms with Crippen LogP contribution in [0.15, 0.2) is 39.8 Å². The molecule has 19 nitrogen and oxygen atoms in total. The highest BCUT2D eigenvalue weighted by atomic mass is 32.3. The van der Waals surface area contributed by atoms with Crippen LogP contribution in [-0.2, 0) is 33.9 Å². The van der Waals surface area contributed by atoms with E-state index in [0.717, 1.165) is 16.9 Å². The van der Waals surface area contributed by atoms with Crippen molar-refractivity contribution < 1.29 is 46.3 Å². The number of aliphatic imine (C=N–C) groups is 1. The van der Waals surface area contributed by atoms with Crippen LogP contribution in [0, 0.1) is 0 Å². The van der Waals surface area contributed by atoms with Gasteiger partial charge in [-0.2, -0.15) is 13.5 Å². The fourth-order valence-corrected chi connectivity index (χ4v) is 5.37. The summed E-state index contributed by atoms with van der Waals surface area (Å²) in [4.78, 5) is 51.2. The van der Waals surface area contributed by atoms with Crippen molar-refractivity contribution in [1.29, 1.82) is 0 Å². The minimum atomic E-state index is -5.01. The number of carboxylic acid groups (broad SMARTS) is 1. The van der Waals surface area contributed by atoms with Crippen LogP contribution in [0.1, 0.15) is 31.0 Å². The first-order chi connectivity index (χ1) is 21.7. The summed E-state index contributed by atoms with van der Waals surface area (Å²) in [5.74, 6) is -2.30. The van der Waals surface area contributed by atoms with Gasteiger partial charge in [-0.05, 0) is 31.5 Å². The van der Waals surface area contributed by atoms with E-state index in [0.29, 0.717) is 43.0 Å². The third kappa shape index (κ3) is 8.37. The molecular weight excluding hydrogens is 650 g/mol. The quantitative estimate of drug-likeness (QED) is 0.0511. The summed E-state index contributed by atoms with van der Waals surface area (Å²) in [5, 5.41) is 23.9. The number of rotatable bonds is 14. The number of β-lactam (4-membered cyclic amide) rings is 1. The largest absolute Gasteiger partial charge is 0.489 e. The van der Waals surface area contributed by atoms with Gasteiger partial charge in [-0.15, -0.1) is 15.6 Å². The summed E-state index contributed by atoms with van der Waals surface area (Å²) < 4.78 is 41.0. The fourth-order valence-electron chi connectivity index (χ4n) is 4.37. The smallest absolute Gasteiger partial charge is 0.418 e. The lowest BCUT2D eigenvalue weighted by molar-refractivity contribution is -0.218. The van der Waals surface area contributed by atoms with Crippen LogP contribution in [0.25, 0.3) is 0 Å². The molecule has 4 rings (SSSR count). The Bertz CT molecular complexity index is 1610. The molecule has 3 heterocycles. The van der Waals surface area contributed by atoms with Crippen LogP contribution in [0.2, 0.25) is 0 Å². The van der Waals surface area contributed by atoms with Gasteiger partial charge in [-0.25, -0.2) is 9.78 Å². The number of ether oxygens (including phenoxy) is 1. The Morgan fingerprint density at radius 1 is 1.30 bits per heavy atom. The number of amides is 2. The number of oxime groups is 1. The number of aromatic nitrogens is 1. The molecule has 0 spiro atoms. The van der Waals surface area contributed by atoms with Gasteiger partial charge < -0.3 is 42.1 Å². The van der Waals surface area contributed by atoms with E-state index in [1.165, 1.54) is 19.2 Å². The number of aliphatic carboxylic acids is 1. The lowest BCUT2D eigenvalue weighted by atomic mass is 9.84. The van der Waals surface area contributed by atoms with E-state index in [1.54, 1.807) is 12.1 Å². The zero-order chi connectivity index (χ0) is 33.6. The minimum Gasteiger partial charge on any atom is -0.489 e. The van der Waals surface area contributed by atoms with Crippen molar-refractivity contribution in [2.24, 2.45) is 15.9 Å². The van der Waals surface area contributed by atoms with Crippen LogP contribution in [0.3, 0.4) is 0 Å². The number of carboxylic acids is 1. The molecular formula is C25H33N9O10S2. The number of guanidine groups is 1.